The standard InChI is InChI=1S/C21H31N3O2/c22-13-18-7-3-4-8-19(18)24-21(26)17-11-9-15(10-12-17)14-23-20(25)16-5-1-2-6-16/h9-12,16,18-19H,1-8,13-14,22H2,(H,23,25)(H,24,26). The van der Waals surface area contributed by atoms with E-state index in [1.54, 1.807) is 0 Å². The van der Waals surface area contributed by atoms with Crippen molar-refractivity contribution in [3.8, 4) is 0 Å². The van der Waals surface area contributed by atoms with E-state index in [0.29, 0.717) is 24.6 Å². The largest absolute Gasteiger partial charge is 0.352 e. The number of nitrogens with two attached hydrogens (primary N) is 1. The van der Waals surface area contributed by atoms with Gasteiger partial charge >= 0.3 is 0 Å². The Balaban J connectivity index is 1.50. The molecule has 0 saturated heterocycles. The fraction of sp³-hybridized carbons (Fsp3) is 0.619. The third kappa shape index (κ3) is 4.85. The van der Waals surface area contributed by atoms with Gasteiger partial charge in [0.05, 0.1) is 0 Å². The summed E-state index contributed by atoms with van der Waals surface area (Å²) in [6, 6.07) is 7.71. The van der Waals surface area contributed by atoms with Crippen LogP contribution in [0.2, 0.25) is 0 Å². The number of carbonyl (C=O) groups is 2. The third-order valence-corrected chi connectivity index (χ3v) is 5.94. The Bertz CT molecular complexity index is 608. The Kier molecular flexibility index (Phi) is 6.67. The second-order valence-corrected chi connectivity index (χ2v) is 7.76. The molecule has 5 nitrogen and oxygen atoms in total. The molecule has 2 unspecified atom stereocenters. The molecule has 2 atom stereocenters. The normalized spacial score (nSPS) is 23.6. The zero-order valence-electron chi connectivity index (χ0n) is 15.5. The Hall–Kier alpha value is -1.88. The molecule has 3 rings (SSSR count). The molecule has 2 aliphatic carbocycles. The number of rotatable bonds is 6. The molecule has 5 heteroatoms. The van der Waals surface area contributed by atoms with Crippen molar-refractivity contribution in [2.75, 3.05) is 6.54 Å². The highest BCUT2D eigenvalue weighted by Gasteiger charge is 2.25. The van der Waals surface area contributed by atoms with Crippen LogP contribution in [0.15, 0.2) is 24.3 Å². The van der Waals surface area contributed by atoms with Crippen LogP contribution in [-0.4, -0.2) is 24.4 Å². The van der Waals surface area contributed by atoms with Crippen LogP contribution in [0.4, 0.5) is 0 Å². The van der Waals surface area contributed by atoms with E-state index in [1.807, 2.05) is 24.3 Å². The van der Waals surface area contributed by atoms with Gasteiger partial charge in [-0.25, -0.2) is 0 Å². The van der Waals surface area contributed by atoms with E-state index in [-0.39, 0.29) is 23.8 Å². The maximum atomic E-state index is 12.5. The molecule has 2 saturated carbocycles. The van der Waals surface area contributed by atoms with Gasteiger partial charge in [0.1, 0.15) is 0 Å². The minimum atomic E-state index is -0.0307. The van der Waals surface area contributed by atoms with Gasteiger partial charge in [-0.05, 0) is 55.8 Å². The topological polar surface area (TPSA) is 84.2 Å². The molecule has 0 heterocycles. The minimum absolute atomic E-state index is 0.0307. The molecule has 0 aromatic heterocycles. The van der Waals surface area contributed by atoms with Gasteiger partial charge in [0.25, 0.3) is 5.91 Å². The van der Waals surface area contributed by atoms with Gasteiger partial charge in [-0.3, -0.25) is 9.59 Å². The van der Waals surface area contributed by atoms with Gasteiger partial charge < -0.3 is 16.4 Å². The predicted octanol–water partition coefficient (Wildman–Crippen LogP) is 2.74. The zero-order valence-corrected chi connectivity index (χ0v) is 15.5. The maximum Gasteiger partial charge on any atom is 0.251 e. The maximum absolute atomic E-state index is 12.5. The molecule has 2 aliphatic rings. The van der Waals surface area contributed by atoms with Crippen molar-refractivity contribution in [2.45, 2.75) is 64.0 Å². The fourth-order valence-corrected chi connectivity index (χ4v) is 4.23. The first kappa shape index (κ1) is 18.9. The van der Waals surface area contributed by atoms with Crippen molar-refractivity contribution in [1.82, 2.24) is 10.6 Å². The molecule has 1 aromatic rings. The Morgan fingerprint density at radius 3 is 2.31 bits per heavy atom. The van der Waals surface area contributed by atoms with Crippen LogP contribution in [0.5, 0.6) is 0 Å². The van der Waals surface area contributed by atoms with E-state index in [1.165, 1.54) is 6.42 Å². The van der Waals surface area contributed by atoms with Crippen molar-refractivity contribution in [3.63, 3.8) is 0 Å². The first-order chi connectivity index (χ1) is 12.7. The Labute approximate surface area is 156 Å². The fourth-order valence-electron chi connectivity index (χ4n) is 4.23. The van der Waals surface area contributed by atoms with Gasteiger partial charge in [0.15, 0.2) is 0 Å². The van der Waals surface area contributed by atoms with E-state index < -0.39 is 0 Å². The van der Waals surface area contributed by atoms with Gasteiger partial charge in [-0.1, -0.05) is 37.8 Å². The highest BCUT2D eigenvalue weighted by atomic mass is 16.2. The van der Waals surface area contributed by atoms with Gasteiger partial charge in [0, 0.05) is 24.1 Å². The summed E-state index contributed by atoms with van der Waals surface area (Å²) in [5.41, 5.74) is 7.53. The Morgan fingerprint density at radius 2 is 1.62 bits per heavy atom. The van der Waals surface area contributed by atoms with Crippen molar-refractivity contribution in [2.24, 2.45) is 17.6 Å². The van der Waals surface area contributed by atoms with Crippen LogP contribution < -0.4 is 16.4 Å². The van der Waals surface area contributed by atoms with Gasteiger partial charge in [-0.15, -0.1) is 0 Å². The second kappa shape index (κ2) is 9.17. The summed E-state index contributed by atoms with van der Waals surface area (Å²) in [7, 11) is 0. The molecule has 2 amide bonds. The van der Waals surface area contributed by atoms with Crippen LogP contribution in [0.3, 0.4) is 0 Å². The summed E-state index contributed by atoms with van der Waals surface area (Å²) in [4.78, 5) is 24.6. The van der Waals surface area contributed by atoms with E-state index in [4.69, 9.17) is 5.73 Å². The highest BCUT2D eigenvalue weighted by molar-refractivity contribution is 5.94. The van der Waals surface area contributed by atoms with Crippen LogP contribution in [-0.2, 0) is 11.3 Å². The van der Waals surface area contributed by atoms with Crippen molar-refractivity contribution in [3.05, 3.63) is 35.4 Å². The van der Waals surface area contributed by atoms with Gasteiger partial charge in [-0.2, -0.15) is 0 Å². The lowest BCUT2D eigenvalue weighted by atomic mass is 9.84. The molecular weight excluding hydrogens is 326 g/mol. The molecular formula is C21H31N3O2. The molecule has 0 aliphatic heterocycles. The van der Waals surface area contributed by atoms with E-state index in [2.05, 4.69) is 10.6 Å². The lowest BCUT2D eigenvalue weighted by molar-refractivity contribution is -0.124. The highest BCUT2D eigenvalue weighted by Crippen LogP contribution is 2.25. The van der Waals surface area contributed by atoms with E-state index in [9.17, 15) is 9.59 Å². The quantitative estimate of drug-likeness (QED) is 0.732. The Morgan fingerprint density at radius 1 is 0.962 bits per heavy atom. The number of nitrogens with one attached hydrogen (secondary N) is 2. The summed E-state index contributed by atoms with van der Waals surface area (Å²) in [6.45, 7) is 1.15. The SMILES string of the molecule is NCC1CCCCC1NC(=O)c1ccc(CNC(=O)C2CCCC2)cc1. The average Bonchev–Trinajstić information content (AvgIpc) is 3.22. The lowest BCUT2D eigenvalue weighted by Crippen LogP contribution is -2.44. The van der Waals surface area contributed by atoms with Crippen LogP contribution in [0.1, 0.15) is 67.3 Å². The summed E-state index contributed by atoms with van der Waals surface area (Å²) in [6.07, 6.45) is 8.81. The summed E-state index contributed by atoms with van der Waals surface area (Å²) < 4.78 is 0. The monoisotopic (exact) mass is 357 g/mol. The first-order valence-electron chi connectivity index (χ1n) is 10.0. The zero-order chi connectivity index (χ0) is 18.4. The molecule has 2 fully saturated rings. The van der Waals surface area contributed by atoms with Crippen LogP contribution >= 0.6 is 0 Å². The molecule has 4 N–H and O–H groups in total. The smallest absolute Gasteiger partial charge is 0.251 e. The van der Waals surface area contributed by atoms with E-state index in [0.717, 1.165) is 50.5 Å². The number of carbonyl (C=O) groups excluding carboxylic acids is 2. The first-order valence-corrected chi connectivity index (χ1v) is 10.0. The molecule has 142 valence electrons. The molecule has 0 bridgehead atoms. The summed E-state index contributed by atoms with van der Waals surface area (Å²) in [5.74, 6) is 0.704. The van der Waals surface area contributed by atoms with Crippen molar-refractivity contribution >= 4 is 11.8 Å². The number of hydrogen-bond donors (Lipinski definition) is 3. The summed E-state index contributed by atoms with van der Waals surface area (Å²) in [5, 5.41) is 6.17. The molecule has 0 spiro atoms. The van der Waals surface area contributed by atoms with Crippen molar-refractivity contribution < 1.29 is 9.59 Å². The van der Waals surface area contributed by atoms with E-state index >= 15 is 0 Å². The number of amides is 2. The molecule has 1 aromatic carbocycles. The average molecular weight is 357 g/mol. The van der Waals surface area contributed by atoms with Gasteiger partial charge in [0.2, 0.25) is 5.91 Å². The van der Waals surface area contributed by atoms with Crippen molar-refractivity contribution in [1.29, 1.82) is 0 Å². The summed E-state index contributed by atoms with van der Waals surface area (Å²) >= 11 is 0. The number of benzene rings is 1. The molecule has 26 heavy (non-hydrogen) atoms. The predicted molar refractivity (Wildman–Crippen MR) is 103 cm³/mol. The second-order valence-electron chi connectivity index (χ2n) is 7.76. The lowest BCUT2D eigenvalue weighted by Gasteiger charge is -2.31. The van der Waals surface area contributed by atoms with Crippen LogP contribution in [0, 0.1) is 11.8 Å². The minimum Gasteiger partial charge on any atom is -0.352 e. The molecule has 0 radical (unpaired) electrons. The van der Waals surface area contributed by atoms with Crippen LogP contribution in [0.25, 0.3) is 0 Å². The number of hydrogen-bond acceptors (Lipinski definition) is 3. The third-order valence-electron chi connectivity index (χ3n) is 5.94.